The van der Waals surface area contributed by atoms with E-state index in [-0.39, 0.29) is 11.5 Å². The van der Waals surface area contributed by atoms with Gasteiger partial charge in [-0.1, -0.05) is 6.92 Å². The fourth-order valence-electron chi connectivity index (χ4n) is 3.56. The third kappa shape index (κ3) is 2.65. The zero-order chi connectivity index (χ0) is 18.4. The molecule has 8 heteroatoms. The van der Waals surface area contributed by atoms with Gasteiger partial charge in [0.2, 0.25) is 0 Å². The van der Waals surface area contributed by atoms with Crippen molar-refractivity contribution in [3.8, 4) is 0 Å². The zero-order valence-electron chi connectivity index (χ0n) is 15.1. The maximum absolute atomic E-state index is 13.1. The SMILES string of the molecule is CCn1nccc1C(=O)Nn1c(C)nc2sc3c(c2c1=O)CC[C@@H](C)C3. The van der Waals surface area contributed by atoms with Crippen molar-refractivity contribution in [2.24, 2.45) is 5.92 Å². The Morgan fingerprint density at radius 2 is 2.27 bits per heavy atom. The molecule has 1 N–H and O–H groups in total. The predicted octanol–water partition coefficient (Wildman–Crippen LogP) is 2.49. The molecule has 4 rings (SSSR count). The van der Waals surface area contributed by atoms with Crippen LogP contribution in [-0.2, 0) is 19.4 Å². The summed E-state index contributed by atoms with van der Waals surface area (Å²) in [4.78, 5) is 32.3. The normalized spacial score (nSPS) is 16.7. The molecule has 26 heavy (non-hydrogen) atoms. The number of aryl methyl sites for hydroxylation is 3. The number of carbonyl (C=O) groups excluding carboxylic acids is 1. The molecule has 0 unspecified atom stereocenters. The number of nitrogens with zero attached hydrogens (tertiary/aromatic N) is 4. The maximum Gasteiger partial charge on any atom is 0.288 e. The molecule has 0 saturated carbocycles. The molecule has 0 saturated heterocycles. The Balaban J connectivity index is 1.78. The van der Waals surface area contributed by atoms with Gasteiger partial charge in [0, 0.05) is 17.6 Å². The van der Waals surface area contributed by atoms with Gasteiger partial charge in [0.1, 0.15) is 16.3 Å². The van der Waals surface area contributed by atoms with Gasteiger partial charge < -0.3 is 0 Å². The molecule has 136 valence electrons. The van der Waals surface area contributed by atoms with Gasteiger partial charge in [-0.3, -0.25) is 19.7 Å². The molecule has 1 aliphatic carbocycles. The smallest absolute Gasteiger partial charge is 0.267 e. The molecule has 0 bridgehead atoms. The monoisotopic (exact) mass is 371 g/mol. The fraction of sp³-hybridized carbons (Fsp3) is 0.444. The number of fused-ring (bicyclic) bond motifs is 3. The summed E-state index contributed by atoms with van der Waals surface area (Å²) in [6, 6.07) is 1.64. The molecule has 0 radical (unpaired) electrons. The van der Waals surface area contributed by atoms with Crippen LogP contribution in [0, 0.1) is 12.8 Å². The van der Waals surface area contributed by atoms with Crippen LogP contribution in [0.5, 0.6) is 0 Å². The summed E-state index contributed by atoms with van der Waals surface area (Å²) < 4.78 is 2.86. The Morgan fingerprint density at radius 3 is 3.04 bits per heavy atom. The number of hydrogen-bond donors (Lipinski definition) is 1. The van der Waals surface area contributed by atoms with Crippen molar-refractivity contribution in [3.63, 3.8) is 0 Å². The lowest BCUT2D eigenvalue weighted by Crippen LogP contribution is -2.36. The minimum absolute atomic E-state index is 0.199. The number of hydrogen-bond acceptors (Lipinski definition) is 5. The molecule has 1 aliphatic rings. The topological polar surface area (TPSA) is 81.8 Å². The highest BCUT2D eigenvalue weighted by atomic mass is 32.1. The number of carbonyl (C=O) groups is 1. The molecule has 3 aromatic heterocycles. The van der Waals surface area contributed by atoms with Crippen molar-refractivity contribution in [3.05, 3.63) is 44.6 Å². The minimum atomic E-state index is -0.367. The standard InChI is InChI=1S/C18H21N5O2S/c1-4-22-13(7-8-19-22)16(24)21-23-11(3)20-17-15(18(23)25)12-6-5-10(2)9-14(12)26-17/h7-8,10H,4-6,9H2,1-3H3,(H,21,24)/t10-/m1/s1. The molecular formula is C18H21N5O2S. The van der Waals surface area contributed by atoms with Crippen molar-refractivity contribution >= 4 is 27.5 Å². The lowest BCUT2D eigenvalue weighted by atomic mass is 9.89. The number of nitrogens with one attached hydrogen (secondary N) is 1. The second-order valence-electron chi connectivity index (χ2n) is 6.80. The third-order valence-electron chi connectivity index (χ3n) is 4.96. The average Bonchev–Trinajstić information content (AvgIpc) is 3.21. The van der Waals surface area contributed by atoms with Crippen LogP contribution >= 0.6 is 11.3 Å². The molecule has 0 aliphatic heterocycles. The second kappa shape index (κ2) is 6.35. The predicted molar refractivity (Wildman–Crippen MR) is 101 cm³/mol. The van der Waals surface area contributed by atoms with Crippen LogP contribution in [0.3, 0.4) is 0 Å². The van der Waals surface area contributed by atoms with Gasteiger partial charge in [0.15, 0.2) is 0 Å². The molecule has 0 fully saturated rings. The highest BCUT2D eigenvalue weighted by molar-refractivity contribution is 7.18. The summed E-state index contributed by atoms with van der Waals surface area (Å²) in [6.45, 7) is 6.46. The molecular weight excluding hydrogens is 350 g/mol. The van der Waals surface area contributed by atoms with Gasteiger partial charge in [-0.15, -0.1) is 11.3 Å². The Kier molecular flexibility index (Phi) is 4.14. The van der Waals surface area contributed by atoms with Crippen molar-refractivity contribution in [1.29, 1.82) is 0 Å². The first kappa shape index (κ1) is 17.0. The van der Waals surface area contributed by atoms with E-state index >= 15 is 0 Å². The minimum Gasteiger partial charge on any atom is -0.267 e. The van der Waals surface area contributed by atoms with Crippen LogP contribution in [-0.4, -0.2) is 25.3 Å². The Bertz CT molecular complexity index is 1060. The number of rotatable bonds is 3. The Morgan fingerprint density at radius 1 is 1.46 bits per heavy atom. The van der Waals surface area contributed by atoms with Crippen LogP contribution in [0.25, 0.3) is 10.2 Å². The Labute approximate surface area is 154 Å². The van der Waals surface area contributed by atoms with Crippen LogP contribution < -0.4 is 11.0 Å². The third-order valence-corrected chi connectivity index (χ3v) is 6.11. The summed E-state index contributed by atoms with van der Waals surface area (Å²) in [5.41, 5.74) is 4.03. The molecule has 7 nitrogen and oxygen atoms in total. The van der Waals surface area contributed by atoms with Gasteiger partial charge in [-0.2, -0.15) is 5.10 Å². The van der Waals surface area contributed by atoms with Crippen LogP contribution in [0.2, 0.25) is 0 Å². The van der Waals surface area contributed by atoms with Gasteiger partial charge in [-0.05, 0) is 50.7 Å². The van der Waals surface area contributed by atoms with Gasteiger partial charge in [0.05, 0.1) is 5.39 Å². The molecule has 0 spiro atoms. The molecule has 0 aromatic carbocycles. The fourth-order valence-corrected chi connectivity index (χ4v) is 4.98. The van der Waals surface area contributed by atoms with E-state index in [0.717, 1.165) is 29.7 Å². The first-order valence-corrected chi connectivity index (χ1v) is 9.68. The summed E-state index contributed by atoms with van der Waals surface area (Å²) in [5.74, 6) is 0.742. The summed E-state index contributed by atoms with van der Waals surface area (Å²) >= 11 is 1.61. The van der Waals surface area contributed by atoms with Gasteiger partial charge in [-0.25, -0.2) is 9.66 Å². The molecule has 1 amide bonds. The Hall–Kier alpha value is -2.48. The van der Waals surface area contributed by atoms with E-state index in [1.54, 1.807) is 35.2 Å². The lowest BCUT2D eigenvalue weighted by Gasteiger charge is -2.17. The van der Waals surface area contributed by atoms with E-state index in [0.29, 0.717) is 29.4 Å². The number of amides is 1. The van der Waals surface area contributed by atoms with E-state index in [1.807, 2.05) is 6.92 Å². The first-order chi connectivity index (χ1) is 12.5. The zero-order valence-corrected chi connectivity index (χ0v) is 15.9. The van der Waals surface area contributed by atoms with Crippen molar-refractivity contribution in [1.82, 2.24) is 19.4 Å². The summed E-state index contributed by atoms with van der Waals surface area (Å²) in [7, 11) is 0. The highest BCUT2D eigenvalue weighted by Gasteiger charge is 2.24. The van der Waals surface area contributed by atoms with Crippen LogP contribution in [0.4, 0.5) is 0 Å². The highest BCUT2D eigenvalue weighted by Crippen LogP contribution is 2.35. The molecule has 3 aromatic rings. The van der Waals surface area contributed by atoms with Crippen molar-refractivity contribution in [2.75, 3.05) is 5.43 Å². The molecule has 3 heterocycles. The van der Waals surface area contributed by atoms with Crippen LogP contribution in [0.1, 0.15) is 47.0 Å². The van der Waals surface area contributed by atoms with E-state index < -0.39 is 0 Å². The summed E-state index contributed by atoms with van der Waals surface area (Å²) in [6.07, 6.45) is 4.55. The van der Waals surface area contributed by atoms with E-state index in [9.17, 15) is 9.59 Å². The average molecular weight is 371 g/mol. The largest absolute Gasteiger partial charge is 0.288 e. The van der Waals surface area contributed by atoms with Crippen molar-refractivity contribution in [2.45, 2.75) is 46.6 Å². The number of thiophene rings is 1. The van der Waals surface area contributed by atoms with Crippen LogP contribution in [0.15, 0.2) is 17.1 Å². The summed E-state index contributed by atoms with van der Waals surface area (Å²) in [5, 5.41) is 4.76. The number of aromatic nitrogens is 4. The van der Waals surface area contributed by atoms with Gasteiger partial charge >= 0.3 is 0 Å². The second-order valence-corrected chi connectivity index (χ2v) is 7.89. The molecule has 1 atom stereocenters. The lowest BCUT2D eigenvalue weighted by molar-refractivity contribution is 0.0996. The maximum atomic E-state index is 13.1. The van der Waals surface area contributed by atoms with E-state index in [2.05, 4.69) is 22.4 Å². The van der Waals surface area contributed by atoms with Gasteiger partial charge in [0.25, 0.3) is 11.5 Å². The van der Waals surface area contributed by atoms with E-state index in [4.69, 9.17) is 0 Å². The van der Waals surface area contributed by atoms with Crippen molar-refractivity contribution < 1.29 is 4.79 Å². The first-order valence-electron chi connectivity index (χ1n) is 8.86. The quantitative estimate of drug-likeness (QED) is 0.767. The van der Waals surface area contributed by atoms with E-state index in [1.165, 1.54) is 9.55 Å².